The number of esters is 1. The Hall–Kier alpha value is -1.58. The maximum absolute atomic E-state index is 11.8. The number of rotatable bonds is 2. The van der Waals surface area contributed by atoms with E-state index in [0.29, 0.717) is 11.3 Å². The predicted molar refractivity (Wildman–Crippen MR) is 112 cm³/mol. The van der Waals surface area contributed by atoms with E-state index in [0.717, 1.165) is 43.6 Å². The van der Waals surface area contributed by atoms with E-state index in [1.807, 2.05) is 6.08 Å². The summed E-state index contributed by atoms with van der Waals surface area (Å²) in [6.45, 7) is 7.31. The Morgan fingerprint density at radius 3 is 2.69 bits per heavy atom. The zero-order chi connectivity index (χ0) is 20.4. The highest BCUT2D eigenvalue weighted by Crippen LogP contribution is 2.67. The zero-order valence-corrected chi connectivity index (χ0v) is 18.1. The molecule has 1 aliphatic heterocycles. The number of nitrogens with one attached hydrogen (secondary N) is 1. The molecule has 3 saturated carbocycles. The molecule has 5 rings (SSSR count). The predicted octanol–water partition coefficient (Wildman–Crippen LogP) is 4.55. The van der Waals surface area contributed by atoms with E-state index in [-0.39, 0.29) is 23.4 Å². The van der Waals surface area contributed by atoms with Crippen LogP contribution in [0, 0.1) is 34.5 Å². The van der Waals surface area contributed by atoms with E-state index in [1.165, 1.54) is 44.6 Å². The summed E-state index contributed by atoms with van der Waals surface area (Å²) in [7, 11) is 0. The van der Waals surface area contributed by atoms with Gasteiger partial charge in [-0.3, -0.25) is 9.59 Å². The fraction of sp³-hybridized carbons (Fsp3) is 0.760. The van der Waals surface area contributed by atoms with Crippen LogP contribution in [0.3, 0.4) is 0 Å². The van der Waals surface area contributed by atoms with Gasteiger partial charge in [0.2, 0.25) is 5.91 Å². The molecule has 0 spiro atoms. The van der Waals surface area contributed by atoms with Crippen LogP contribution in [0.4, 0.5) is 0 Å². The molecule has 4 aliphatic carbocycles. The zero-order valence-electron chi connectivity index (χ0n) is 18.1. The van der Waals surface area contributed by atoms with E-state index in [1.54, 1.807) is 5.57 Å². The molecule has 3 fully saturated rings. The van der Waals surface area contributed by atoms with Crippen LogP contribution in [-0.4, -0.2) is 24.5 Å². The molecule has 1 heterocycles. The molecule has 7 atom stereocenters. The Bertz CT molecular complexity index is 798. The first-order chi connectivity index (χ1) is 13.8. The van der Waals surface area contributed by atoms with Crippen molar-refractivity contribution < 1.29 is 14.3 Å². The molecular formula is C25H35NO3. The Balaban J connectivity index is 1.39. The van der Waals surface area contributed by atoms with Crippen LogP contribution in [0.25, 0.3) is 0 Å². The molecule has 29 heavy (non-hydrogen) atoms. The van der Waals surface area contributed by atoms with Gasteiger partial charge in [-0.05, 0) is 85.0 Å². The number of hydrogen-bond donors (Lipinski definition) is 1. The van der Waals surface area contributed by atoms with Gasteiger partial charge in [0, 0.05) is 26.0 Å². The molecular weight excluding hydrogens is 362 g/mol. The highest BCUT2D eigenvalue weighted by atomic mass is 16.5. The number of hydrogen-bond acceptors (Lipinski definition) is 3. The lowest BCUT2D eigenvalue weighted by molar-refractivity contribution is -0.148. The van der Waals surface area contributed by atoms with E-state index in [4.69, 9.17) is 4.74 Å². The second kappa shape index (κ2) is 6.72. The third-order valence-electron chi connectivity index (χ3n) is 9.62. The van der Waals surface area contributed by atoms with Gasteiger partial charge in [0.25, 0.3) is 0 Å². The summed E-state index contributed by atoms with van der Waals surface area (Å²) in [5.74, 6) is 2.82. The Morgan fingerprint density at radius 2 is 1.97 bits per heavy atom. The first-order valence-electron chi connectivity index (χ1n) is 11.7. The topological polar surface area (TPSA) is 55.4 Å². The average Bonchev–Trinajstić information content (AvgIpc) is 3.24. The summed E-state index contributed by atoms with van der Waals surface area (Å²) in [6.07, 6.45) is 13.9. The minimum Gasteiger partial charge on any atom is -0.462 e. The molecule has 0 aromatic carbocycles. The highest BCUT2D eigenvalue weighted by Gasteiger charge is 2.59. The lowest BCUT2D eigenvalue weighted by Gasteiger charge is -2.58. The minimum atomic E-state index is -0.146. The monoisotopic (exact) mass is 397 g/mol. The van der Waals surface area contributed by atoms with Crippen molar-refractivity contribution >= 4 is 11.9 Å². The molecule has 4 heteroatoms. The normalized spacial score (nSPS) is 46.0. The summed E-state index contributed by atoms with van der Waals surface area (Å²) in [4.78, 5) is 23.2. The summed E-state index contributed by atoms with van der Waals surface area (Å²) >= 11 is 0. The fourth-order valence-electron chi connectivity index (χ4n) is 8.26. The molecule has 0 saturated heterocycles. The molecule has 0 aromatic rings. The molecule has 2 unspecified atom stereocenters. The van der Waals surface area contributed by atoms with E-state index >= 15 is 0 Å². The minimum absolute atomic E-state index is 0.0763. The highest BCUT2D eigenvalue weighted by molar-refractivity contribution is 5.91. The van der Waals surface area contributed by atoms with Crippen molar-refractivity contribution in [2.45, 2.75) is 78.2 Å². The largest absolute Gasteiger partial charge is 0.462 e. The van der Waals surface area contributed by atoms with E-state index in [2.05, 4.69) is 25.2 Å². The van der Waals surface area contributed by atoms with Crippen molar-refractivity contribution in [2.75, 3.05) is 6.54 Å². The Morgan fingerprint density at radius 1 is 1.14 bits per heavy atom. The van der Waals surface area contributed by atoms with Crippen LogP contribution >= 0.6 is 0 Å². The standard InChI is InChI=1S/C25H35NO3/c1-15(27)29-18-8-10-24(2)17(13-18)4-5-19-21-7-6-20(16-12-23(28)26-14-16)25(21,3)11-9-22(19)24/h4,12,18-22H,5-11,13-14H2,1-3H3,(H,26,28)/t18?,19-,20?,21-,22-,24-,25+/m0/s1. The average molecular weight is 398 g/mol. The van der Waals surface area contributed by atoms with Crippen molar-refractivity contribution in [1.82, 2.24) is 5.32 Å². The summed E-state index contributed by atoms with van der Waals surface area (Å²) in [5, 5.41) is 3.00. The van der Waals surface area contributed by atoms with Gasteiger partial charge in [-0.1, -0.05) is 25.5 Å². The van der Waals surface area contributed by atoms with Gasteiger partial charge in [-0.25, -0.2) is 0 Å². The quantitative estimate of drug-likeness (QED) is 0.549. The van der Waals surface area contributed by atoms with Crippen molar-refractivity contribution in [3.8, 4) is 0 Å². The first kappa shape index (κ1) is 19.4. The Kier molecular flexibility index (Phi) is 4.49. The number of allylic oxidation sites excluding steroid dienone is 1. The Labute approximate surface area is 174 Å². The number of carbonyl (C=O) groups excluding carboxylic acids is 2. The number of carbonyl (C=O) groups is 2. The third-order valence-corrected chi connectivity index (χ3v) is 9.62. The molecule has 1 N–H and O–H groups in total. The second-order valence-corrected chi connectivity index (χ2v) is 10.8. The van der Waals surface area contributed by atoms with Gasteiger partial charge in [0.15, 0.2) is 0 Å². The van der Waals surface area contributed by atoms with Crippen LogP contribution in [0.15, 0.2) is 23.3 Å². The van der Waals surface area contributed by atoms with Crippen LogP contribution in [0.1, 0.15) is 72.1 Å². The van der Waals surface area contributed by atoms with Crippen molar-refractivity contribution in [2.24, 2.45) is 34.5 Å². The van der Waals surface area contributed by atoms with Crippen molar-refractivity contribution in [3.63, 3.8) is 0 Å². The second-order valence-electron chi connectivity index (χ2n) is 10.8. The lowest BCUT2D eigenvalue weighted by Crippen LogP contribution is -2.50. The number of amides is 1. The van der Waals surface area contributed by atoms with Gasteiger partial charge in [-0.2, -0.15) is 0 Å². The lowest BCUT2D eigenvalue weighted by atomic mass is 9.47. The van der Waals surface area contributed by atoms with Gasteiger partial charge in [0.1, 0.15) is 6.10 Å². The molecule has 158 valence electrons. The summed E-state index contributed by atoms with van der Waals surface area (Å²) < 4.78 is 5.57. The summed E-state index contributed by atoms with van der Waals surface area (Å²) in [6, 6.07) is 0. The first-order valence-corrected chi connectivity index (χ1v) is 11.7. The maximum atomic E-state index is 11.8. The van der Waals surface area contributed by atoms with Gasteiger partial charge in [-0.15, -0.1) is 0 Å². The molecule has 5 aliphatic rings. The van der Waals surface area contributed by atoms with Gasteiger partial charge >= 0.3 is 5.97 Å². The third kappa shape index (κ3) is 2.92. The summed E-state index contributed by atoms with van der Waals surface area (Å²) in [5.41, 5.74) is 3.54. The van der Waals surface area contributed by atoms with Crippen molar-refractivity contribution in [1.29, 1.82) is 0 Å². The molecule has 1 amide bonds. The smallest absolute Gasteiger partial charge is 0.302 e. The maximum Gasteiger partial charge on any atom is 0.302 e. The molecule has 4 nitrogen and oxygen atoms in total. The van der Waals surface area contributed by atoms with Crippen LogP contribution in [0.2, 0.25) is 0 Å². The van der Waals surface area contributed by atoms with E-state index < -0.39 is 0 Å². The van der Waals surface area contributed by atoms with Crippen molar-refractivity contribution in [3.05, 3.63) is 23.3 Å². The fourth-order valence-corrected chi connectivity index (χ4v) is 8.26. The van der Waals surface area contributed by atoms with E-state index in [9.17, 15) is 9.59 Å². The molecule has 0 bridgehead atoms. The van der Waals surface area contributed by atoms with Gasteiger partial charge in [0.05, 0.1) is 0 Å². The molecule has 0 aromatic heterocycles. The number of fused-ring (bicyclic) bond motifs is 5. The van der Waals surface area contributed by atoms with Gasteiger partial charge < -0.3 is 10.1 Å². The molecule has 0 radical (unpaired) electrons. The van der Waals surface area contributed by atoms with Crippen LogP contribution < -0.4 is 5.32 Å². The van der Waals surface area contributed by atoms with Crippen LogP contribution in [0.5, 0.6) is 0 Å². The number of ether oxygens (including phenoxy) is 1. The van der Waals surface area contributed by atoms with Crippen LogP contribution in [-0.2, 0) is 14.3 Å². The SMILES string of the molecule is CC(=O)OC1CC[C@@]2(C)C(=CC[C@@H]3[C@@H]2CC[C@]2(C)C(C4=CC(=O)NC4)CC[C@@H]32)C1.